The Hall–Kier alpha value is -1.75. The lowest BCUT2D eigenvalue weighted by molar-refractivity contribution is -0.125. The molecular formula is C16H19NO. The van der Waals surface area contributed by atoms with Crippen molar-refractivity contribution in [3.63, 3.8) is 0 Å². The molecule has 94 valence electrons. The van der Waals surface area contributed by atoms with Gasteiger partial charge in [-0.2, -0.15) is 0 Å². The highest BCUT2D eigenvalue weighted by Gasteiger charge is 2.24. The van der Waals surface area contributed by atoms with E-state index in [1.807, 2.05) is 13.0 Å². The molecule has 1 amide bonds. The molecule has 0 aliphatic heterocycles. The number of hydrogen-bond acceptors (Lipinski definition) is 1. The Morgan fingerprint density at radius 2 is 2.22 bits per heavy atom. The molecule has 0 saturated heterocycles. The van der Waals surface area contributed by atoms with Gasteiger partial charge < -0.3 is 5.32 Å². The highest BCUT2D eigenvalue weighted by atomic mass is 16.1. The lowest BCUT2D eigenvalue weighted by atomic mass is 9.83. The number of carbonyl (C=O) groups is 1. The Labute approximate surface area is 109 Å². The Morgan fingerprint density at radius 1 is 1.50 bits per heavy atom. The zero-order chi connectivity index (χ0) is 13.0. The largest absolute Gasteiger partial charge is 0.352 e. The van der Waals surface area contributed by atoms with Crippen molar-refractivity contribution in [2.45, 2.75) is 38.6 Å². The summed E-state index contributed by atoms with van der Waals surface area (Å²) < 4.78 is 0. The summed E-state index contributed by atoms with van der Waals surface area (Å²) in [5, 5.41) is 3.00. The second-order valence-electron chi connectivity index (χ2n) is 5.03. The van der Waals surface area contributed by atoms with Crippen LogP contribution < -0.4 is 5.32 Å². The molecule has 0 bridgehead atoms. The fourth-order valence-corrected chi connectivity index (χ4v) is 2.51. The summed E-state index contributed by atoms with van der Waals surface area (Å²) in [6, 6.07) is 8.46. The molecule has 1 N–H and O–H groups in total. The number of amides is 1. The fourth-order valence-electron chi connectivity index (χ4n) is 2.51. The van der Waals surface area contributed by atoms with Gasteiger partial charge in [0, 0.05) is 18.4 Å². The van der Waals surface area contributed by atoms with Crippen LogP contribution in [0.15, 0.2) is 24.3 Å². The molecule has 0 spiro atoms. The number of rotatable bonds is 3. The van der Waals surface area contributed by atoms with E-state index in [0.717, 1.165) is 19.3 Å². The van der Waals surface area contributed by atoms with Gasteiger partial charge in [-0.15, -0.1) is 12.3 Å². The molecule has 2 rings (SSSR count). The van der Waals surface area contributed by atoms with Gasteiger partial charge in [0.25, 0.3) is 0 Å². The third-order valence-corrected chi connectivity index (χ3v) is 3.53. The molecule has 18 heavy (non-hydrogen) atoms. The van der Waals surface area contributed by atoms with Gasteiger partial charge >= 0.3 is 0 Å². The van der Waals surface area contributed by atoms with Crippen LogP contribution in [0.4, 0.5) is 0 Å². The number of aryl methyl sites for hydroxylation is 1. The number of carbonyl (C=O) groups excluding carboxylic acids is 1. The maximum atomic E-state index is 12.1. The Morgan fingerprint density at radius 3 is 2.94 bits per heavy atom. The van der Waals surface area contributed by atoms with Gasteiger partial charge in [-0.3, -0.25) is 4.79 Å². The van der Waals surface area contributed by atoms with Crippen molar-refractivity contribution >= 4 is 5.91 Å². The molecular weight excluding hydrogens is 222 g/mol. The number of hydrogen-bond donors (Lipinski definition) is 1. The minimum Gasteiger partial charge on any atom is -0.352 e. The van der Waals surface area contributed by atoms with Gasteiger partial charge in [-0.05, 0) is 37.3 Å². The van der Waals surface area contributed by atoms with Crippen LogP contribution in [0.2, 0.25) is 0 Å². The summed E-state index contributed by atoms with van der Waals surface area (Å²) >= 11 is 0. The van der Waals surface area contributed by atoms with Crippen molar-refractivity contribution in [2.24, 2.45) is 5.92 Å². The van der Waals surface area contributed by atoms with Crippen molar-refractivity contribution in [3.8, 4) is 12.3 Å². The van der Waals surface area contributed by atoms with Crippen LogP contribution in [-0.2, 0) is 17.6 Å². The molecule has 1 aliphatic carbocycles. The Balaban J connectivity index is 1.97. The highest BCUT2D eigenvalue weighted by Crippen LogP contribution is 2.25. The zero-order valence-corrected chi connectivity index (χ0v) is 10.8. The van der Waals surface area contributed by atoms with E-state index in [1.54, 1.807) is 0 Å². The van der Waals surface area contributed by atoms with Crippen molar-refractivity contribution < 1.29 is 4.79 Å². The monoisotopic (exact) mass is 241 g/mol. The summed E-state index contributed by atoms with van der Waals surface area (Å²) in [4.78, 5) is 12.1. The van der Waals surface area contributed by atoms with Crippen LogP contribution in [0, 0.1) is 18.3 Å². The Bertz CT molecular complexity index is 472. The van der Waals surface area contributed by atoms with Crippen LogP contribution >= 0.6 is 0 Å². The molecule has 2 unspecified atom stereocenters. The predicted molar refractivity (Wildman–Crippen MR) is 73.0 cm³/mol. The maximum absolute atomic E-state index is 12.1. The van der Waals surface area contributed by atoms with E-state index in [9.17, 15) is 4.79 Å². The standard InChI is InChI=1S/C16H19NO/c1-3-6-12(2)17-16(18)15-10-9-13-7-4-5-8-14(13)11-15/h1,4-5,7-8,12,15H,6,9-11H2,2H3,(H,17,18). The van der Waals surface area contributed by atoms with Gasteiger partial charge in [0.2, 0.25) is 5.91 Å². The lowest BCUT2D eigenvalue weighted by Crippen LogP contribution is -2.39. The normalized spacial score (nSPS) is 19.4. The molecule has 1 aliphatic rings. The third kappa shape index (κ3) is 2.92. The number of fused-ring (bicyclic) bond motifs is 1. The summed E-state index contributed by atoms with van der Waals surface area (Å²) in [6.45, 7) is 1.95. The van der Waals surface area contributed by atoms with Gasteiger partial charge in [-0.1, -0.05) is 24.3 Å². The zero-order valence-electron chi connectivity index (χ0n) is 10.8. The van der Waals surface area contributed by atoms with Crippen LogP contribution in [-0.4, -0.2) is 11.9 Å². The van der Waals surface area contributed by atoms with Gasteiger partial charge in [0.05, 0.1) is 0 Å². The summed E-state index contributed by atoms with van der Waals surface area (Å²) in [5.41, 5.74) is 2.70. The summed E-state index contributed by atoms with van der Waals surface area (Å²) in [5.74, 6) is 2.82. The maximum Gasteiger partial charge on any atom is 0.223 e. The smallest absolute Gasteiger partial charge is 0.223 e. The third-order valence-electron chi connectivity index (χ3n) is 3.53. The average molecular weight is 241 g/mol. The molecule has 2 nitrogen and oxygen atoms in total. The number of terminal acetylenes is 1. The van der Waals surface area contributed by atoms with Crippen LogP contribution in [0.3, 0.4) is 0 Å². The molecule has 0 heterocycles. The van der Waals surface area contributed by atoms with Gasteiger partial charge in [0.15, 0.2) is 0 Å². The van der Waals surface area contributed by atoms with E-state index < -0.39 is 0 Å². The second-order valence-corrected chi connectivity index (χ2v) is 5.03. The van der Waals surface area contributed by atoms with Crippen molar-refractivity contribution in [3.05, 3.63) is 35.4 Å². The fraction of sp³-hybridized carbons (Fsp3) is 0.438. The topological polar surface area (TPSA) is 29.1 Å². The molecule has 0 aromatic heterocycles. The van der Waals surface area contributed by atoms with E-state index in [-0.39, 0.29) is 17.9 Å². The lowest BCUT2D eigenvalue weighted by Gasteiger charge is -2.25. The van der Waals surface area contributed by atoms with Crippen molar-refractivity contribution in [1.82, 2.24) is 5.32 Å². The van der Waals surface area contributed by atoms with E-state index in [0.29, 0.717) is 6.42 Å². The van der Waals surface area contributed by atoms with E-state index in [4.69, 9.17) is 6.42 Å². The molecule has 1 aromatic rings. The minimum absolute atomic E-state index is 0.0691. The van der Waals surface area contributed by atoms with E-state index >= 15 is 0 Å². The average Bonchev–Trinajstić information content (AvgIpc) is 2.38. The predicted octanol–water partition coefficient (Wildman–Crippen LogP) is 2.32. The molecule has 2 atom stereocenters. The van der Waals surface area contributed by atoms with Gasteiger partial charge in [-0.25, -0.2) is 0 Å². The molecule has 1 aromatic carbocycles. The SMILES string of the molecule is C#CCC(C)NC(=O)C1CCc2ccccc2C1. The summed E-state index contributed by atoms with van der Waals surface area (Å²) in [7, 11) is 0. The minimum atomic E-state index is 0.0691. The van der Waals surface area contributed by atoms with Crippen LogP contribution in [0.1, 0.15) is 30.9 Å². The highest BCUT2D eigenvalue weighted by molar-refractivity contribution is 5.79. The quantitative estimate of drug-likeness (QED) is 0.808. The number of nitrogens with one attached hydrogen (secondary N) is 1. The molecule has 2 heteroatoms. The molecule has 0 saturated carbocycles. The second kappa shape index (κ2) is 5.73. The molecule has 0 radical (unpaired) electrons. The van der Waals surface area contributed by atoms with Crippen LogP contribution in [0.25, 0.3) is 0 Å². The molecule has 0 fully saturated rings. The first-order valence-electron chi connectivity index (χ1n) is 6.51. The first kappa shape index (κ1) is 12.7. The van der Waals surface area contributed by atoms with E-state index in [2.05, 4.69) is 29.4 Å². The first-order chi connectivity index (χ1) is 8.70. The first-order valence-corrected chi connectivity index (χ1v) is 6.51. The van der Waals surface area contributed by atoms with Crippen LogP contribution in [0.5, 0.6) is 0 Å². The summed E-state index contributed by atoms with van der Waals surface area (Å²) in [6.07, 6.45) is 8.62. The van der Waals surface area contributed by atoms with Gasteiger partial charge in [0.1, 0.15) is 0 Å². The Kier molecular flexibility index (Phi) is 4.04. The van der Waals surface area contributed by atoms with E-state index in [1.165, 1.54) is 11.1 Å². The van der Waals surface area contributed by atoms with Crippen molar-refractivity contribution in [2.75, 3.05) is 0 Å². The van der Waals surface area contributed by atoms with Crippen molar-refractivity contribution in [1.29, 1.82) is 0 Å². The number of benzene rings is 1.